The van der Waals surface area contributed by atoms with E-state index in [9.17, 15) is 39.5 Å². The minimum Gasteiger partial charge on any atom is -0.573 e. The zero-order chi connectivity index (χ0) is 45.7. The molecular formula is C42H45F9N9O2-3. The van der Waals surface area contributed by atoms with Crippen LogP contribution in [0.1, 0.15) is 97.6 Å². The first kappa shape index (κ1) is 48.7. The van der Waals surface area contributed by atoms with Crippen molar-refractivity contribution in [3.8, 4) is 45.7 Å². The molecule has 0 saturated carbocycles. The zero-order valence-electron chi connectivity index (χ0n) is 34.8. The Morgan fingerprint density at radius 1 is 0.565 bits per heavy atom. The number of halogens is 9. The molecule has 0 amide bonds. The Morgan fingerprint density at radius 2 is 1.05 bits per heavy atom. The first-order valence-electron chi connectivity index (χ1n) is 19.5. The van der Waals surface area contributed by atoms with E-state index in [1.165, 1.54) is 58.0 Å². The number of hydrogen-bond acceptors (Lipinski definition) is 8. The van der Waals surface area contributed by atoms with Crippen molar-refractivity contribution in [1.29, 1.82) is 0 Å². The molecule has 0 aliphatic carbocycles. The van der Waals surface area contributed by atoms with Gasteiger partial charge in [-0.3, -0.25) is 15.0 Å². The number of hydrogen-bond donors (Lipinski definition) is 0. The summed E-state index contributed by atoms with van der Waals surface area (Å²) in [4.78, 5) is 12.3. The van der Waals surface area contributed by atoms with Gasteiger partial charge in [0.15, 0.2) is 0 Å². The first-order chi connectivity index (χ1) is 29.2. The molecule has 6 aromatic heterocycles. The van der Waals surface area contributed by atoms with E-state index in [4.69, 9.17) is 9.47 Å². The van der Waals surface area contributed by atoms with Crippen molar-refractivity contribution < 1.29 is 49.0 Å². The SMILES string of the molecule is CCCCCCCCCCOc1cccnc1-c1cc(C(F)(F)F)n[n-]1.COc1c(C)cnc(-c2cc(C(F)(F)F)n[n-]2)c1C.Cc1cnc(-c2cc(C(F)(F)F)n[n-]2)c(C)c1. The molecule has 0 spiro atoms. The lowest BCUT2D eigenvalue weighted by molar-refractivity contribution is -0.142. The summed E-state index contributed by atoms with van der Waals surface area (Å²) < 4.78 is 123. The third-order valence-electron chi connectivity index (χ3n) is 9.10. The van der Waals surface area contributed by atoms with Crippen molar-refractivity contribution in [2.24, 2.45) is 0 Å². The smallest absolute Gasteiger partial charge is 0.431 e. The van der Waals surface area contributed by atoms with Gasteiger partial charge in [0.2, 0.25) is 0 Å². The molecule has 336 valence electrons. The van der Waals surface area contributed by atoms with Crippen LogP contribution in [0.5, 0.6) is 11.5 Å². The first-order valence-corrected chi connectivity index (χ1v) is 19.5. The molecule has 0 radical (unpaired) electrons. The summed E-state index contributed by atoms with van der Waals surface area (Å²) in [6.45, 7) is 9.87. The molecule has 0 N–H and O–H groups in total. The quantitative estimate of drug-likeness (QED) is 0.0763. The van der Waals surface area contributed by atoms with E-state index in [0.717, 1.165) is 47.7 Å². The van der Waals surface area contributed by atoms with Crippen LogP contribution in [0.2, 0.25) is 0 Å². The van der Waals surface area contributed by atoms with Gasteiger partial charge >= 0.3 is 18.5 Å². The van der Waals surface area contributed by atoms with Crippen LogP contribution in [0.15, 0.2) is 55.0 Å². The van der Waals surface area contributed by atoms with Crippen molar-refractivity contribution in [1.82, 2.24) is 45.5 Å². The lowest BCUT2D eigenvalue weighted by Crippen LogP contribution is -2.05. The molecule has 0 aromatic carbocycles. The predicted octanol–water partition coefficient (Wildman–Crippen LogP) is 11.1. The Labute approximate surface area is 352 Å². The molecule has 0 bridgehead atoms. The van der Waals surface area contributed by atoms with E-state index in [0.29, 0.717) is 35.1 Å². The Kier molecular flexibility index (Phi) is 17.1. The number of pyridine rings is 3. The Morgan fingerprint density at radius 3 is 1.53 bits per heavy atom. The summed E-state index contributed by atoms with van der Waals surface area (Å²) in [5.41, 5.74) is 1.49. The lowest BCUT2D eigenvalue weighted by Gasteiger charge is -2.13. The normalized spacial score (nSPS) is 11.7. The van der Waals surface area contributed by atoms with E-state index in [1.54, 1.807) is 39.1 Å². The van der Waals surface area contributed by atoms with Crippen LogP contribution in [0, 0.1) is 27.7 Å². The number of nitrogens with zero attached hydrogens (tertiary/aromatic N) is 9. The molecule has 0 atom stereocenters. The molecule has 0 saturated heterocycles. The number of alkyl halides is 9. The standard InChI is InChI=1S/C19H25F3N3O.C12H11F3N3O.C11H9F3N3/c1-2-3-4-5-6-7-8-9-13-26-16-11-10-12-23-18(16)15-14-17(25-24-15)19(20,21)22;1-6-5-16-10(7(2)11(6)19-3)8-4-9(18-17-8)12(13,14)15;1-6-3-7(2)10(15-5-6)8-4-9(17-16-8)11(12,13)14/h10-12,14H,2-9,13H2,1H3;4-5H,1-3H3;3-5H,1-2H3/q3*-1. The second kappa shape index (κ2) is 21.7. The molecule has 0 aliphatic rings. The van der Waals surface area contributed by atoms with Crippen LogP contribution in [0.25, 0.3) is 34.2 Å². The van der Waals surface area contributed by atoms with Gasteiger partial charge < -0.3 is 40.1 Å². The maximum Gasteiger partial charge on any atom is 0.431 e. The van der Waals surface area contributed by atoms with Crippen LogP contribution in [0.3, 0.4) is 0 Å². The fourth-order valence-corrected chi connectivity index (χ4v) is 6.04. The van der Waals surface area contributed by atoms with Gasteiger partial charge in [-0.2, -0.15) is 39.5 Å². The average Bonchev–Trinajstić information content (AvgIpc) is 4.00. The van der Waals surface area contributed by atoms with Crippen molar-refractivity contribution >= 4 is 0 Å². The van der Waals surface area contributed by atoms with Gasteiger partial charge in [0, 0.05) is 29.7 Å². The van der Waals surface area contributed by atoms with Gasteiger partial charge in [-0.05, 0) is 75.6 Å². The molecule has 6 rings (SSSR count). The molecule has 0 fully saturated rings. The highest BCUT2D eigenvalue weighted by Crippen LogP contribution is 2.35. The predicted molar refractivity (Wildman–Crippen MR) is 211 cm³/mol. The summed E-state index contributed by atoms with van der Waals surface area (Å²) in [5, 5.41) is 20.1. The number of ether oxygens (including phenoxy) is 2. The van der Waals surface area contributed by atoms with Crippen LogP contribution in [-0.2, 0) is 18.5 Å². The van der Waals surface area contributed by atoms with Crippen LogP contribution in [0.4, 0.5) is 39.5 Å². The minimum absolute atomic E-state index is 0.0730. The van der Waals surface area contributed by atoms with Gasteiger partial charge in [0.25, 0.3) is 0 Å². The Hall–Kier alpha value is -5.95. The van der Waals surface area contributed by atoms with Crippen LogP contribution < -0.4 is 24.8 Å². The van der Waals surface area contributed by atoms with Gasteiger partial charge in [-0.15, -0.1) is 0 Å². The van der Waals surface area contributed by atoms with Gasteiger partial charge in [-0.1, -0.05) is 75.0 Å². The number of rotatable bonds is 14. The third kappa shape index (κ3) is 13.8. The van der Waals surface area contributed by atoms with E-state index >= 15 is 0 Å². The molecule has 20 heteroatoms. The van der Waals surface area contributed by atoms with E-state index < -0.39 is 35.6 Å². The number of aromatic nitrogens is 9. The van der Waals surface area contributed by atoms with Crippen LogP contribution in [-0.4, -0.2) is 44.0 Å². The molecule has 6 heterocycles. The molecular weight excluding hydrogens is 834 g/mol. The molecule has 0 aliphatic heterocycles. The molecule has 11 nitrogen and oxygen atoms in total. The molecule has 0 unspecified atom stereocenters. The Balaban J connectivity index is 0.000000210. The lowest BCUT2D eigenvalue weighted by atomic mass is 10.1. The van der Waals surface area contributed by atoms with Gasteiger partial charge in [0.05, 0.1) is 30.8 Å². The van der Waals surface area contributed by atoms with Gasteiger partial charge in [-0.25, -0.2) is 0 Å². The fourth-order valence-electron chi connectivity index (χ4n) is 6.04. The molecule has 6 aromatic rings. The summed E-state index contributed by atoms with van der Waals surface area (Å²) in [6, 6.07) is 7.90. The highest BCUT2D eigenvalue weighted by Gasteiger charge is 2.33. The summed E-state index contributed by atoms with van der Waals surface area (Å²) in [7, 11) is 1.50. The van der Waals surface area contributed by atoms with E-state index in [2.05, 4.69) is 52.5 Å². The third-order valence-corrected chi connectivity index (χ3v) is 9.10. The van der Waals surface area contributed by atoms with Crippen LogP contribution >= 0.6 is 0 Å². The van der Waals surface area contributed by atoms with Crippen molar-refractivity contribution in [2.45, 2.75) is 105 Å². The second-order valence-corrected chi connectivity index (χ2v) is 14.1. The zero-order valence-corrected chi connectivity index (χ0v) is 34.8. The largest absolute Gasteiger partial charge is 0.573 e. The minimum atomic E-state index is -4.52. The summed E-state index contributed by atoms with van der Waals surface area (Å²) in [5.74, 6) is 1.02. The molecule has 62 heavy (non-hydrogen) atoms. The number of unbranched alkanes of at least 4 members (excludes halogenated alkanes) is 7. The maximum absolute atomic E-state index is 12.7. The second-order valence-electron chi connectivity index (χ2n) is 14.1. The van der Waals surface area contributed by atoms with Crippen molar-refractivity contribution in [3.05, 3.63) is 94.3 Å². The fraction of sp³-hybridized carbons (Fsp3) is 0.429. The summed E-state index contributed by atoms with van der Waals surface area (Å²) >= 11 is 0. The highest BCUT2D eigenvalue weighted by molar-refractivity contribution is 5.64. The number of aryl methyl sites for hydroxylation is 3. The Bertz CT molecular complexity index is 2310. The van der Waals surface area contributed by atoms with Crippen molar-refractivity contribution in [3.63, 3.8) is 0 Å². The highest BCUT2D eigenvalue weighted by atomic mass is 19.4. The van der Waals surface area contributed by atoms with Gasteiger partial charge in [0.1, 0.15) is 28.6 Å². The average molecular weight is 879 g/mol. The van der Waals surface area contributed by atoms with Crippen molar-refractivity contribution in [2.75, 3.05) is 13.7 Å². The summed E-state index contributed by atoms with van der Waals surface area (Å²) in [6.07, 6.45) is 0.651. The monoisotopic (exact) mass is 878 g/mol. The van der Waals surface area contributed by atoms with E-state index in [-0.39, 0.29) is 22.8 Å². The number of methoxy groups -OCH3 is 1. The van der Waals surface area contributed by atoms with E-state index in [1.807, 2.05) is 13.0 Å². The maximum atomic E-state index is 12.7. The topological polar surface area (TPSA) is 138 Å².